The summed E-state index contributed by atoms with van der Waals surface area (Å²) in [4.78, 5) is 19.1. The van der Waals surface area contributed by atoms with E-state index in [4.69, 9.17) is 4.99 Å². The predicted octanol–water partition coefficient (Wildman–Crippen LogP) is 5.80. The van der Waals surface area contributed by atoms with Crippen LogP contribution in [-0.4, -0.2) is 44.5 Å². The van der Waals surface area contributed by atoms with Gasteiger partial charge in [-0.2, -0.15) is 11.3 Å². The fraction of sp³-hybridized carbons (Fsp3) is 0.259. The molecule has 0 amide bonds. The average molecular weight is 474 g/mol. The highest BCUT2D eigenvalue weighted by atomic mass is 32.1. The van der Waals surface area contributed by atoms with Crippen LogP contribution in [0.5, 0.6) is 5.88 Å². The molecule has 2 aromatic heterocycles. The Hall–Kier alpha value is -3.42. The Balaban J connectivity index is 1.57. The Bertz CT molecular complexity index is 1350. The lowest BCUT2D eigenvalue weighted by Gasteiger charge is -2.26. The fourth-order valence-electron chi connectivity index (χ4n) is 4.64. The summed E-state index contributed by atoms with van der Waals surface area (Å²) >= 11 is 1.55. The summed E-state index contributed by atoms with van der Waals surface area (Å²) in [7, 11) is 1.77. The number of carbonyl (C=O) groups is 1. The molecule has 174 valence electrons. The van der Waals surface area contributed by atoms with Crippen LogP contribution in [0.25, 0.3) is 10.9 Å². The molecule has 2 N–H and O–H groups in total. The Morgan fingerprint density at radius 2 is 1.79 bits per heavy atom. The molecule has 0 saturated carbocycles. The molecule has 0 unspecified atom stereocenters. The SMILES string of the molecule is Cn1c(O)c(C(=Nc2ccc(CN3CCCCC3)cc2)c2ccsc2)c2cc(C(=O)O)ccc21. The zero-order valence-corrected chi connectivity index (χ0v) is 19.9. The van der Waals surface area contributed by atoms with Gasteiger partial charge in [0, 0.05) is 29.9 Å². The fourth-order valence-corrected chi connectivity index (χ4v) is 5.28. The number of aromatic nitrogens is 1. The lowest BCUT2D eigenvalue weighted by atomic mass is 10.0. The van der Waals surface area contributed by atoms with Gasteiger partial charge in [0.05, 0.1) is 28.0 Å². The van der Waals surface area contributed by atoms with Crippen LogP contribution in [0.15, 0.2) is 64.3 Å². The number of carboxylic acids is 1. The summed E-state index contributed by atoms with van der Waals surface area (Å²) in [5.41, 5.74) is 5.01. The van der Waals surface area contributed by atoms with Gasteiger partial charge in [-0.25, -0.2) is 9.79 Å². The first-order chi connectivity index (χ1) is 16.5. The minimum Gasteiger partial charge on any atom is -0.494 e. The third kappa shape index (κ3) is 4.36. The molecule has 4 aromatic rings. The monoisotopic (exact) mass is 473 g/mol. The zero-order chi connectivity index (χ0) is 23.7. The molecule has 7 heteroatoms. The van der Waals surface area contributed by atoms with Crippen LogP contribution in [0.3, 0.4) is 0 Å². The van der Waals surface area contributed by atoms with Gasteiger partial charge in [0.25, 0.3) is 0 Å². The summed E-state index contributed by atoms with van der Waals surface area (Å²) in [5.74, 6) is -0.946. The van der Waals surface area contributed by atoms with E-state index in [2.05, 4.69) is 17.0 Å². The summed E-state index contributed by atoms with van der Waals surface area (Å²) in [6.07, 6.45) is 3.86. The Kier molecular flexibility index (Phi) is 6.22. The van der Waals surface area contributed by atoms with Crippen LogP contribution in [0, 0.1) is 0 Å². The molecule has 0 aliphatic carbocycles. The summed E-state index contributed by atoms with van der Waals surface area (Å²) < 4.78 is 1.67. The number of aromatic carboxylic acids is 1. The van der Waals surface area contributed by atoms with Crippen LogP contribution >= 0.6 is 11.3 Å². The Morgan fingerprint density at radius 1 is 1.03 bits per heavy atom. The van der Waals surface area contributed by atoms with E-state index in [-0.39, 0.29) is 11.4 Å². The minimum absolute atomic E-state index is 0.0595. The van der Waals surface area contributed by atoms with Crippen molar-refractivity contribution in [1.29, 1.82) is 0 Å². The molecule has 6 nitrogen and oxygen atoms in total. The molecule has 1 saturated heterocycles. The normalized spacial score (nSPS) is 15.1. The number of fused-ring (bicyclic) bond motifs is 1. The maximum absolute atomic E-state index is 11.6. The number of hydrogen-bond donors (Lipinski definition) is 2. The van der Waals surface area contributed by atoms with Crippen molar-refractivity contribution in [3.8, 4) is 5.88 Å². The minimum atomic E-state index is -1.01. The van der Waals surface area contributed by atoms with E-state index in [9.17, 15) is 15.0 Å². The van der Waals surface area contributed by atoms with Crippen molar-refractivity contribution in [2.24, 2.45) is 12.0 Å². The third-order valence-corrected chi connectivity index (χ3v) is 7.16. The average Bonchev–Trinajstić information content (AvgIpc) is 3.47. The van der Waals surface area contributed by atoms with Gasteiger partial charge in [-0.3, -0.25) is 4.90 Å². The van der Waals surface area contributed by atoms with Crippen molar-refractivity contribution >= 4 is 39.6 Å². The second-order valence-corrected chi connectivity index (χ2v) is 9.55. The van der Waals surface area contributed by atoms with E-state index in [0.717, 1.165) is 36.4 Å². The Labute approximate surface area is 202 Å². The van der Waals surface area contributed by atoms with Crippen molar-refractivity contribution in [1.82, 2.24) is 9.47 Å². The number of likely N-dealkylation sites (tertiary alicyclic amines) is 1. The standard InChI is InChI=1S/C27H27N3O3S/c1-29-23-10-7-19(27(32)33)15-22(23)24(26(29)31)25(20-11-14-34-17-20)28-21-8-5-18(6-9-21)16-30-12-3-2-4-13-30/h5-11,14-15,17,31H,2-4,12-13,16H2,1H3,(H,32,33). The number of carboxylic acid groups (broad SMARTS) is 1. The van der Waals surface area contributed by atoms with Crippen LogP contribution in [0.4, 0.5) is 5.69 Å². The van der Waals surface area contributed by atoms with Gasteiger partial charge in [-0.1, -0.05) is 18.6 Å². The molecular weight excluding hydrogens is 446 g/mol. The van der Waals surface area contributed by atoms with Gasteiger partial charge in [0.2, 0.25) is 5.88 Å². The van der Waals surface area contributed by atoms with E-state index in [1.165, 1.54) is 24.8 Å². The number of aromatic hydroxyl groups is 1. The number of nitrogens with zero attached hydrogens (tertiary/aromatic N) is 3. The van der Waals surface area contributed by atoms with E-state index < -0.39 is 5.97 Å². The summed E-state index contributed by atoms with van der Waals surface area (Å²) in [6, 6.07) is 15.1. The Morgan fingerprint density at radius 3 is 2.47 bits per heavy atom. The van der Waals surface area contributed by atoms with Gasteiger partial charge in [0.15, 0.2) is 0 Å². The van der Waals surface area contributed by atoms with E-state index in [1.54, 1.807) is 41.2 Å². The first kappa shape index (κ1) is 22.4. The second kappa shape index (κ2) is 9.44. The van der Waals surface area contributed by atoms with Crippen LogP contribution in [0.1, 0.15) is 46.3 Å². The van der Waals surface area contributed by atoms with Gasteiger partial charge < -0.3 is 14.8 Å². The van der Waals surface area contributed by atoms with Gasteiger partial charge in [-0.05, 0) is 73.3 Å². The van der Waals surface area contributed by atoms with E-state index in [0.29, 0.717) is 16.7 Å². The maximum atomic E-state index is 11.6. The first-order valence-corrected chi connectivity index (χ1v) is 12.4. The number of rotatable bonds is 6. The predicted molar refractivity (Wildman–Crippen MR) is 137 cm³/mol. The number of piperidine rings is 1. The molecule has 0 radical (unpaired) electrons. The van der Waals surface area contributed by atoms with Gasteiger partial charge in [0.1, 0.15) is 0 Å². The first-order valence-electron chi connectivity index (χ1n) is 11.5. The summed E-state index contributed by atoms with van der Waals surface area (Å²) in [6.45, 7) is 3.26. The molecule has 0 atom stereocenters. The molecule has 34 heavy (non-hydrogen) atoms. The molecule has 1 fully saturated rings. The van der Waals surface area contributed by atoms with Crippen molar-refractivity contribution in [3.63, 3.8) is 0 Å². The van der Waals surface area contributed by atoms with Gasteiger partial charge >= 0.3 is 5.97 Å². The number of aryl methyl sites for hydroxylation is 1. The maximum Gasteiger partial charge on any atom is 0.335 e. The molecular formula is C27H27N3O3S. The molecule has 1 aliphatic rings. The van der Waals surface area contributed by atoms with E-state index >= 15 is 0 Å². The second-order valence-electron chi connectivity index (χ2n) is 8.77. The number of thiophene rings is 1. The highest BCUT2D eigenvalue weighted by Crippen LogP contribution is 2.35. The lowest BCUT2D eigenvalue weighted by molar-refractivity contribution is 0.0697. The molecule has 5 rings (SSSR count). The molecule has 0 bridgehead atoms. The number of benzene rings is 2. The molecule has 3 heterocycles. The zero-order valence-electron chi connectivity index (χ0n) is 19.1. The summed E-state index contributed by atoms with van der Waals surface area (Å²) in [5, 5.41) is 25.2. The largest absolute Gasteiger partial charge is 0.494 e. The smallest absolute Gasteiger partial charge is 0.335 e. The van der Waals surface area contributed by atoms with E-state index in [1.807, 2.05) is 29.0 Å². The van der Waals surface area contributed by atoms with Crippen LogP contribution in [-0.2, 0) is 13.6 Å². The number of aliphatic imine (C=N–C) groups is 1. The third-order valence-electron chi connectivity index (χ3n) is 6.48. The molecule has 0 spiro atoms. The van der Waals surface area contributed by atoms with Crippen molar-refractivity contribution in [2.45, 2.75) is 25.8 Å². The molecule has 1 aliphatic heterocycles. The van der Waals surface area contributed by atoms with Gasteiger partial charge in [-0.15, -0.1) is 0 Å². The highest BCUT2D eigenvalue weighted by Gasteiger charge is 2.22. The molecule has 2 aromatic carbocycles. The quantitative estimate of drug-likeness (QED) is 0.347. The van der Waals surface area contributed by atoms with Crippen LogP contribution < -0.4 is 0 Å². The lowest BCUT2D eigenvalue weighted by Crippen LogP contribution is -2.28. The topological polar surface area (TPSA) is 78.1 Å². The van der Waals surface area contributed by atoms with Crippen molar-refractivity contribution < 1.29 is 15.0 Å². The van der Waals surface area contributed by atoms with Crippen molar-refractivity contribution in [3.05, 3.63) is 81.5 Å². The number of hydrogen-bond acceptors (Lipinski definition) is 5. The van der Waals surface area contributed by atoms with Crippen LogP contribution in [0.2, 0.25) is 0 Å². The highest BCUT2D eigenvalue weighted by molar-refractivity contribution is 7.08. The van der Waals surface area contributed by atoms with Crippen molar-refractivity contribution in [2.75, 3.05) is 13.1 Å².